The highest BCUT2D eigenvalue weighted by Gasteiger charge is 2.30. The average molecular weight is 361 g/mol. The van der Waals surface area contributed by atoms with Crippen LogP contribution in [0, 0.1) is 5.82 Å². The van der Waals surface area contributed by atoms with Gasteiger partial charge in [0.25, 0.3) is 0 Å². The van der Waals surface area contributed by atoms with Crippen molar-refractivity contribution in [3.05, 3.63) is 33.9 Å². The van der Waals surface area contributed by atoms with E-state index < -0.39 is 17.2 Å². The van der Waals surface area contributed by atoms with E-state index in [0.717, 1.165) is 19.2 Å². The van der Waals surface area contributed by atoms with E-state index in [1.165, 1.54) is 6.20 Å². The van der Waals surface area contributed by atoms with E-state index in [2.05, 4.69) is 4.90 Å². The topological polar surface area (TPSA) is 75.0 Å². The Morgan fingerprint density at radius 2 is 2.00 bits per heavy atom. The second-order valence-corrected chi connectivity index (χ2v) is 6.98. The number of anilines is 1. The fourth-order valence-corrected chi connectivity index (χ4v) is 3.74. The highest BCUT2D eigenvalue weighted by Crippen LogP contribution is 2.41. The van der Waals surface area contributed by atoms with Crippen LogP contribution in [0.3, 0.4) is 0 Å². The number of hydrogen-bond donors (Lipinski definition) is 1. The van der Waals surface area contributed by atoms with Crippen LogP contribution >= 0.6 is 0 Å². The zero-order chi connectivity index (χ0) is 18.6. The molecule has 0 bridgehead atoms. The van der Waals surface area contributed by atoms with Crippen molar-refractivity contribution in [3.8, 4) is 5.75 Å². The molecule has 1 aromatic heterocycles. The van der Waals surface area contributed by atoms with Gasteiger partial charge in [-0.15, -0.1) is 0 Å². The van der Waals surface area contributed by atoms with Crippen molar-refractivity contribution in [2.24, 2.45) is 0 Å². The molecule has 7 nitrogen and oxygen atoms in total. The Morgan fingerprint density at radius 1 is 1.31 bits per heavy atom. The summed E-state index contributed by atoms with van der Waals surface area (Å²) < 4.78 is 22.7. The van der Waals surface area contributed by atoms with Gasteiger partial charge in [-0.25, -0.2) is 9.18 Å². The Bertz CT molecular complexity index is 963. The minimum Gasteiger partial charge on any atom is -0.484 e. The Hall–Kier alpha value is -2.61. The predicted octanol–water partition coefficient (Wildman–Crippen LogP) is 1.37. The Labute approximate surface area is 149 Å². The summed E-state index contributed by atoms with van der Waals surface area (Å²) in [4.78, 5) is 28.0. The summed E-state index contributed by atoms with van der Waals surface area (Å²) in [6, 6.07) is 1.15. The maximum atomic E-state index is 15.0. The first-order chi connectivity index (χ1) is 12.4. The van der Waals surface area contributed by atoms with Crippen molar-refractivity contribution >= 4 is 22.6 Å². The molecule has 2 aliphatic heterocycles. The van der Waals surface area contributed by atoms with Crippen LogP contribution < -0.4 is 15.1 Å². The lowest BCUT2D eigenvalue weighted by atomic mass is 10.1. The van der Waals surface area contributed by atoms with E-state index in [0.29, 0.717) is 36.6 Å². The van der Waals surface area contributed by atoms with Gasteiger partial charge in [0.1, 0.15) is 17.4 Å². The van der Waals surface area contributed by atoms with Crippen molar-refractivity contribution in [1.82, 2.24) is 9.47 Å². The molecule has 1 N–H and O–H groups in total. The molecule has 0 amide bonds. The highest BCUT2D eigenvalue weighted by molar-refractivity contribution is 5.97. The number of halogens is 1. The van der Waals surface area contributed by atoms with Crippen molar-refractivity contribution in [2.75, 3.05) is 38.1 Å². The summed E-state index contributed by atoms with van der Waals surface area (Å²) in [5.74, 6) is -1.54. The van der Waals surface area contributed by atoms with Gasteiger partial charge in [0.15, 0.2) is 11.6 Å². The summed E-state index contributed by atoms with van der Waals surface area (Å²) in [6.07, 6.45) is 1.07. The van der Waals surface area contributed by atoms with Crippen molar-refractivity contribution < 1.29 is 19.0 Å². The van der Waals surface area contributed by atoms with Gasteiger partial charge in [0.2, 0.25) is 5.43 Å². The number of likely N-dealkylation sites (N-methyl/N-ethyl adjacent to an activating group) is 1. The Balaban J connectivity index is 1.99. The summed E-state index contributed by atoms with van der Waals surface area (Å²) in [7, 11) is 2.02. The zero-order valence-electron chi connectivity index (χ0n) is 14.7. The van der Waals surface area contributed by atoms with Crippen LogP contribution in [-0.4, -0.2) is 59.9 Å². The summed E-state index contributed by atoms with van der Waals surface area (Å²) in [5.41, 5.74) is -0.224. The molecule has 1 atom stereocenters. The summed E-state index contributed by atoms with van der Waals surface area (Å²) in [5, 5.41) is 9.34. The molecule has 2 aromatic rings. The largest absolute Gasteiger partial charge is 0.484 e. The van der Waals surface area contributed by atoms with E-state index in [9.17, 15) is 14.7 Å². The monoisotopic (exact) mass is 361 g/mol. The first kappa shape index (κ1) is 16.8. The molecule has 8 heteroatoms. The van der Waals surface area contributed by atoms with Crippen molar-refractivity contribution in [1.29, 1.82) is 0 Å². The third-order valence-corrected chi connectivity index (χ3v) is 5.07. The molecule has 3 heterocycles. The van der Waals surface area contributed by atoms with Gasteiger partial charge < -0.3 is 24.2 Å². The second kappa shape index (κ2) is 5.98. The van der Waals surface area contributed by atoms with Gasteiger partial charge in [-0.1, -0.05) is 0 Å². The van der Waals surface area contributed by atoms with Crippen molar-refractivity contribution in [2.45, 2.75) is 19.6 Å². The molecule has 1 aromatic carbocycles. The maximum Gasteiger partial charge on any atom is 0.341 e. The molecule has 0 spiro atoms. The number of carboxylic acids is 1. The highest BCUT2D eigenvalue weighted by atomic mass is 19.1. The van der Waals surface area contributed by atoms with Crippen LogP contribution in [-0.2, 0) is 6.54 Å². The lowest BCUT2D eigenvalue weighted by Crippen LogP contribution is -2.45. The van der Waals surface area contributed by atoms with Crippen LogP contribution in [0.15, 0.2) is 17.1 Å². The molecular weight excluding hydrogens is 341 g/mol. The number of benzene rings is 1. The average Bonchev–Trinajstić information content (AvgIpc) is 2.58. The van der Waals surface area contributed by atoms with Gasteiger partial charge in [-0.3, -0.25) is 4.79 Å². The second-order valence-electron chi connectivity index (χ2n) is 6.98. The van der Waals surface area contributed by atoms with Gasteiger partial charge in [-0.2, -0.15) is 0 Å². The van der Waals surface area contributed by atoms with Crippen LogP contribution in [0.5, 0.6) is 5.75 Å². The fraction of sp³-hybridized carbons (Fsp3) is 0.444. The van der Waals surface area contributed by atoms with Gasteiger partial charge >= 0.3 is 5.97 Å². The predicted molar refractivity (Wildman–Crippen MR) is 94.9 cm³/mol. The first-order valence-electron chi connectivity index (χ1n) is 8.60. The maximum absolute atomic E-state index is 15.0. The third-order valence-electron chi connectivity index (χ3n) is 5.07. The van der Waals surface area contributed by atoms with E-state index in [1.807, 2.05) is 18.9 Å². The molecule has 1 saturated heterocycles. The van der Waals surface area contributed by atoms with Gasteiger partial charge in [0, 0.05) is 32.4 Å². The minimum absolute atomic E-state index is 0.0437. The van der Waals surface area contributed by atoms with E-state index in [-0.39, 0.29) is 17.1 Å². The molecule has 0 aliphatic carbocycles. The molecule has 138 valence electrons. The fourth-order valence-electron chi connectivity index (χ4n) is 3.74. The molecule has 2 aliphatic rings. The van der Waals surface area contributed by atoms with Gasteiger partial charge in [0.05, 0.1) is 17.4 Å². The number of hydrogen-bond acceptors (Lipinski definition) is 5. The number of aromatic nitrogens is 1. The first-order valence-corrected chi connectivity index (χ1v) is 8.60. The quantitative estimate of drug-likeness (QED) is 0.871. The number of carbonyl (C=O) groups is 1. The molecule has 0 unspecified atom stereocenters. The molecule has 0 radical (unpaired) electrons. The number of aromatic carboxylic acids is 1. The Kier molecular flexibility index (Phi) is 3.87. The third kappa shape index (κ3) is 2.52. The van der Waals surface area contributed by atoms with E-state index >= 15 is 4.39 Å². The number of carboxylic acid groups (broad SMARTS) is 1. The molecule has 4 rings (SSSR count). The summed E-state index contributed by atoms with van der Waals surface area (Å²) >= 11 is 0. The van der Waals surface area contributed by atoms with Crippen molar-refractivity contribution in [3.63, 3.8) is 0 Å². The normalized spacial score (nSPS) is 20.3. The molecule has 26 heavy (non-hydrogen) atoms. The number of rotatable bonds is 2. The van der Waals surface area contributed by atoms with Crippen LogP contribution in [0.1, 0.15) is 17.3 Å². The summed E-state index contributed by atoms with van der Waals surface area (Å²) in [6.45, 7) is 5.15. The lowest BCUT2D eigenvalue weighted by Gasteiger charge is -2.37. The zero-order valence-corrected chi connectivity index (χ0v) is 14.7. The molecule has 0 saturated carbocycles. The number of nitrogens with zero attached hydrogens (tertiary/aromatic N) is 3. The van der Waals surface area contributed by atoms with Crippen LogP contribution in [0.25, 0.3) is 10.9 Å². The number of pyridine rings is 1. The Morgan fingerprint density at radius 3 is 2.65 bits per heavy atom. The number of piperazine rings is 1. The van der Waals surface area contributed by atoms with Crippen LogP contribution in [0.2, 0.25) is 0 Å². The molecular formula is C18H20FN3O4. The van der Waals surface area contributed by atoms with E-state index in [1.54, 1.807) is 4.57 Å². The molecule has 1 fully saturated rings. The lowest BCUT2D eigenvalue weighted by molar-refractivity contribution is 0.0694. The SMILES string of the molecule is C[C@@H]1Cn2cc(C(=O)O)c(=O)c3cc(F)c(N4CCN(C)CC4)c(c32)O1. The smallest absolute Gasteiger partial charge is 0.341 e. The standard InChI is InChI=1S/C18H20FN3O4/c1-10-8-22-9-12(18(24)25)16(23)11-7-13(19)15(17(26-10)14(11)22)21-5-3-20(2)4-6-21/h7,9-10H,3-6,8H2,1-2H3,(H,24,25)/t10-/m1/s1. The van der Waals surface area contributed by atoms with E-state index in [4.69, 9.17) is 4.74 Å². The van der Waals surface area contributed by atoms with Gasteiger partial charge in [-0.05, 0) is 20.0 Å². The minimum atomic E-state index is -1.31. The van der Waals surface area contributed by atoms with Crippen LogP contribution in [0.4, 0.5) is 10.1 Å². The number of ether oxygens (including phenoxy) is 1.